The van der Waals surface area contributed by atoms with Crippen molar-refractivity contribution in [1.29, 1.82) is 0 Å². The molecule has 0 spiro atoms. The summed E-state index contributed by atoms with van der Waals surface area (Å²) in [6.45, 7) is 4.12. The second-order valence-corrected chi connectivity index (χ2v) is 4.78. The Hall–Kier alpha value is -0.990. The van der Waals surface area contributed by atoms with E-state index in [-0.39, 0.29) is 0 Å². The summed E-state index contributed by atoms with van der Waals surface area (Å²) in [5.74, 6) is 0. The Morgan fingerprint density at radius 2 is 2.00 bits per heavy atom. The lowest BCUT2D eigenvalue weighted by Gasteiger charge is -2.14. The number of fused-ring (bicyclic) bond motifs is 1. The first-order valence-corrected chi connectivity index (χ1v) is 6.30. The topological polar surface area (TPSA) is 24.9 Å². The lowest BCUT2D eigenvalue weighted by molar-refractivity contribution is 1.07. The van der Waals surface area contributed by atoms with Crippen molar-refractivity contribution in [3.8, 4) is 0 Å². The van der Waals surface area contributed by atoms with Crippen LogP contribution >= 0.6 is 23.2 Å². The molecule has 1 aromatic heterocycles. The summed E-state index contributed by atoms with van der Waals surface area (Å²) >= 11 is 12.2. The van der Waals surface area contributed by atoms with Crippen molar-refractivity contribution in [1.82, 2.24) is 4.98 Å². The molecule has 1 N–H and O–H groups in total. The lowest BCUT2D eigenvalue weighted by atomic mass is 10.0. The minimum atomic E-state index is 0.592. The Morgan fingerprint density at radius 1 is 1.29 bits per heavy atom. The lowest BCUT2D eigenvalue weighted by Crippen LogP contribution is -2.01. The Balaban J connectivity index is 2.93. The standard InChI is InChI=1S/C13H14Cl2N2/c1-4-9-7(2)17-13-10(12(9)16-3)5-8(14)6-11(13)15/h5-6H,4H2,1-3H3,(H,16,17). The predicted molar refractivity (Wildman–Crippen MR) is 75.4 cm³/mol. The fourth-order valence-electron chi connectivity index (χ4n) is 2.17. The van der Waals surface area contributed by atoms with Gasteiger partial charge in [-0.05, 0) is 31.0 Å². The van der Waals surface area contributed by atoms with Gasteiger partial charge >= 0.3 is 0 Å². The van der Waals surface area contributed by atoms with Crippen LogP contribution in [0.5, 0.6) is 0 Å². The molecule has 0 aliphatic carbocycles. The molecule has 0 saturated heterocycles. The summed E-state index contributed by atoms with van der Waals surface area (Å²) in [6, 6.07) is 3.63. The highest BCUT2D eigenvalue weighted by Crippen LogP contribution is 2.34. The number of halogens is 2. The van der Waals surface area contributed by atoms with E-state index in [0.717, 1.165) is 28.7 Å². The van der Waals surface area contributed by atoms with Crippen LogP contribution in [0, 0.1) is 6.92 Å². The van der Waals surface area contributed by atoms with E-state index in [9.17, 15) is 0 Å². The van der Waals surface area contributed by atoms with E-state index >= 15 is 0 Å². The van der Waals surface area contributed by atoms with E-state index in [1.54, 1.807) is 6.07 Å². The van der Waals surface area contributed by atoms with Gasteiger partial charge in [-0.1, -0.05) is 30.1 Å². The quantitative estimate of drug-likeness (QED) is 0.870. The largest absolute Gasteiger partial charge is 0.387 e. The van der Waals surface area contributed by atoms with Gasteiger partial charge in [0.15, 0.2) is 0 Å². The first kappa shape index (κ1) is 12.5. The molecule has 2 rings (SSSR count). The van der Waals surface area contributed by atoms with E-state index in [1.165, 1.54) is 5.56 Å². The van der Waals surface area contributed by atoms with E-state index < -0.39 is 0 Å². The van der Waals surface area contributed by atoms with Crippen molar-refractivity contribution in [2.45, 2.75) is 20.3 Å². The summed E-state index contributed by atoms with van der Waals surface area (Å²) in [4.78, 5) is 4.57. The van der Waals surface area contributed by atoms with Gasteiger partial charge in [0, 0.05) is 28.8 Å². The molecule has 0 aliphatic heterocycles. The zero-order valence-electron chi connectivity index (χ0n) is 10.1. The van der Waals surface area contributed by atoms with Crippen molar-refractivity contribution < 1.29 is 0 Å². The van der Waals surface area contributed by atoms with E-state index in [4.69, 9.17) is 23.2 Å². The van der Waals surface area contributed by atoms with E-state index in [2.05, 4.69) is 17.2 Å². The number of anilines is 1. The van der Waals surface area contributed by atoms with Crippen LogP contribution in [-0.4, -0.2) is 12.0 Å². The molecule has 0 fully saturated rings. The summed E-state index contributed by atoms with van der Waals surface area (Å²) in [6.07, 6.45) is 0.926. The molecule has 2 aromatic rings. The summed E-state index contributed by atoms with van der Waals surface area (Å²) in [5, 5.41) is 5.43. The molecule has 0 radical (unpaired) electrons. The van der Waals surface area contributed by atoms with Gasteiger partial charge in [-0.25, -0.2) is 0 Å². The van der Waals surface area contributed by atoms with E-state index in [0.29, 0.717) is 10.0 Å². The molecular formula is C13H14Cl2N2. The van der Waals surface area contributed by atoms with Crippen LogP contribution in [0.4, 0.5) is 5.69 Å². The summed E-state index contributed by atoms with van der Waals surface area (Å²) in [7, 11) is 1.90. The number of pyridine rings is 1. The zero-order chi connectivity index (χ0) is 12.6. The second-order valence-electron chi connectivity index (χ2n) is 3.94. The van der Waals surface area contributed by atoms with E-state index in [1.807, 2.05) is 20.0 Å². The highest BCUT2D eigenvalue weighted by Gasteiger charge is 2.13. The molecule has 0 atom stereocenters. The molecule has 1 heterocycles. The van der Waals surface area contributed by atoms with Gasteiger partial charge in [0.25, 0.3) is 0 Å². The highest BCUT2D eigenvalue weighted by molar-refractivity contribution is 6.38. The van der Waals surface area contributed by atoms with Gasteiger partial charge in [-0.3, -0.25) is 4.98 Å². The molecule has 2 nitrogen and oxygen atoms in total. The smallest absolute Gasteiger partial charge is 0.0913 e. The summed E-state index contributed by atoms with van der Waals surface area (Å²) in [5.41, 5.74) is 4.08. The molecule has 0 unspecified atom stereocenters. The molecule has 90 valence electrons. The van der Waals surface area contributed by atoms with Crippen LogP contribution < -0.4 is 5.32 Å². The van der Waals surface area contributed by atoms with Crippen molar-refractivity contribution in [2.24, 2.45) is 0 Å². The van der Waals surface area contributed by atoms with Crippen molar-refractivity contribution >= 4 is 39.8 Å². The number of nitrogens with zero attached hydrogens (tertiary/aromatic N) is 1. The molecular weight excluding hydrogens is 255 g/mol. The molecule has 0 amide bonds. The Morgan fingerprint density at radius 3 is 2.59 bits per heavy atom. The van der Waals surface area contributed by atoms with Crippen LogP contribution in [0.25, 0.3) is 10.9 Å². The SMILES string of the molecule is CCc1c(C)nc2c(Cl)cc(Cl)cc2c1NC. The molecule has 0 saturated carbocycles. The minimum absolute atomic E-state index is 0.592. The fraction of sp³-hybridized carbons (Fsp3) is 0.308. The third-order valence-electron chi connectivity index (χ3n) is 2.92. The number of nitrogens with one attached hydrogen (secondary N) is 1. The Kier molecular flexibility index (Phi) is 3.45. The normalized spacial score (nSPS) is 10.9. The molecule has 4 heteroatoms. The fourth-order valence-corrected chi connectivity index (χ4v) is 2.70. The van der Waals surface area contributed by atoms with Crippen molar-refractivity contribution in [3.63, 3.8) is 0 Å². The zero-order valence-corrected chi connectivity index (χ0v) is 11.6. The van der Waals surface area contributed by atoms with Crippen LogP contribution in [0.1, 0.15) is 18.2 Å². The van der Waals surface area contributed by atoms with Crippen LogP contribution in [0.2, 0.25) is 10.0 Å². The van der Waals surface area contributed by atoms with Gasteiger partial charge in [0.05, 0.1) is 10.5 Å². The Labute approximate surface area is 111 Å². The number of aromatic nitrogens is 1. The van der Waals surface area contributed by atoms with Gasteiger partial charge in [-0.15, -0.1) is 0 Å². The van der Waals surface area contributed by atoms with Gasteiger partial charge in [0.2, 0.25) is 0 Å². The Bertz CT molecular complexity index is 579. The maximum atomic E-state index is 6.18. The minimum Gasteiger partial charge on any atom is -0.387 e. The average molecular weight is 269 g/mol. The molecule has 0 bridgehead atoms. The first-order chi connectivity index (χ1) is 8.08. The average Bonchev–Trinajstić information content (AvgIpc) is 2.28. The maximum Gasteiger partial charge on any atom is 0.0913 e. The van der Waals surface area contributed by atoms with Gasteiger partial charge < -0.3 is 5.32 Å². The number of hydrogen-bond acceptors (Lipinski definition) is 2. The maximum absolute atomic E-state index is 6.18. The van der Waals surface area contributed by atoms with Gasteiger partial charge in [0.1, 0.15) is 0 Å². The number of benzene rings is 1. The van der Waals surface area contributed by atoms with Crippen LogP contribution in [-0.2, 0) is 6.42 Å². The van der Waals surface area contributed by atoms with Crippen LogP contribution in [0.3, 0.4) is 0 Å². The number of hydrogen-bond donors (Lipinski definition) is 1. The van der Waals surface area contributed by atoms with Crippen LogP contribution in [0.15, 0.2) is 12.1 Å². The number of aryl methyl sites for hydroxylation is 1. The predicted octanol–water partition coefficient (Wildman–Crippen LogP) is 4.45. The molecule has 1 aromatic carbocycles. The number of rotatable bonds is 2. The third-order valence-corrected chi connectivity index (χ3v) is 3.43. The third kappa shape index (κ3) is 2.07. The molecule has 17 heavy (non-hydrogen) atoms. The first-order valence-electron chi connectivity index (χ1n) is 5.54. The molecule has 0 aliphatic rings. The van der Waals surface area contributed by atoms with Gasteiger partial charge in [-0.2, -0.15) is 0 Å². The summed E-state index contributed by atoms with van der Waals surface area (Å²) < 4.78 is 0. The monoisotopic (exact) mass is 268 g/mol. The van der Waals surface area contributed by atoms with Crippen molar-refractivity contribution in [3.05, 3.63) is 33.4 Å². The van der Waals surface area contributed by atoms with Crippen molar-refractivity contribution in [2.75, 3.05) is 12.4 Å². The highest BCUT2D eigenvalue weighted by atomic mass is 35.5. The second kappa shape index (κ2) is 4.71.